The van der Waals surface area contributed by atoms with E-state index in [0.717, 1.165) is 26.9 Å². The number of nitrogens with one attached hydrogen (secondary N) is 2. The lowest BCUT2D eigenvalue weighted by Crippen LogP contribution is -2.20. The quantitative estimate of drug-likeness (QED) is 0.568. The minimum Gasteiger partial charge on any atom is -0.491 e. The van der Waals surface area contributed by atoms with Gasteiger partial charge in [-0.1, -0.05) is 12.1 Å². The fourth-order valence-electron chi connectivity index (χ4n) is 2.82. The third kappa shape index (κ3) is 4.09. The molecule has 0 aliphatic carbocycles. The molecule has 2 aromatic carbocycles. The van der Waals surface area contributed by atoms with Crippen molar-refractivity contribution in [1.82, 2.24) is 0 Å². The van der Waals surface area contributed by atoms with Crippen molar-refractivity contribution < 1.29 is 19.1 Å². The third-order valence-electron chi connectivity index (χ3n) is 4.20. The fraction of sp³-hybridized carbons (Fsp3) is 0.238. The van der Waals surface area contributed by atoms with Gasteiger partial charge >= 0.3 is 12.0 Å². The molecule has 0 unspecified atom stereocenters. The van der Waals surface area contributed by atoms with E-state index in [4.69, 9.17) is 9.47 Å². The summed E-state index contributed by atoms with van der Waals surface area (Å²) in [5, 5.41) is 6.46. The van der Waals surface area contributed by atoms with Gasteiger partial charge in [-0.3, -0.25) is 0 Å². The Morgan fingerprint density at radius 3 is 2.57 bits per heavy atom. The Kier molecular flexibility index (Phi) is 5.84. The number of esters is 1. The van der Waals surface area contributed by atoms with Crippen LogP contribution in [0.15, 0.2) is 36.4 Å². The molecule has 3 rings (SSSR count). The summed E-state index contributed by atoms with van der Waals surface area (Å²) in [5.41, 5.74) is 3.41. The van der Waals surface area contributed by atoms with Gasteiger partial charge < -0.3 is 20.1 Å². The summed E-state index contributed by atoms with van der Waals surface area (Å²) in [6.07, 6.45) is 0. The molecule has 1 heterocycles. The van der Waals surface area contributed by atoms with Crippen LogP contribution < -0.4 is 15.4 Å². The molecule has 0 bridgehead atoms. The maximum Gasteiger partial charge on any atom is 0.351 e. The second-order valence-corrected chi connectivity index (χ2v) is 7.35. The number of ether oxygens (including phenoxy) is 2. The average Bonchev–Trinajstić information content (AvgIpc) is 3.02. The molecular formula is C21H22N2O4S. The molecule has 3 aromatic rings. The summed E-state index contributed by atoms with van der Waals surface area (Å²) in [6, 6.07) is 11.0. The molecule has 0 spiro atoms. The standard InChI is InChI=1S/C21H22N2O4S/c1-5-27-18-15-11-14(8-9-17(15)28-19(18)20(24)26-4)22-21(25)23-16-10-12(2)6-7-13(16)3/h6-11H,5H2,1-4H3,(H2,22,23,25). The van der Waals surface area contributed by atoms with E-state index in [-0.39, 0.29) is 6.03 Å². The minimum absolute atomic E-state index is 0.338. The summed E-state index contributed by atoms with van der Waals surface area (Å²) in [7, 11) is 1.34. The Morgan fingerprint density at radius 2 is 1.86 bits per heavy atom. The van der Waals surface area contributed by atoms with Gasteiger partial charge in [0.25, 0.3) is 0 Å². The molecule has 6 nitrogen and oxygen atoms in total. The van der Waals surface area contributed by atoms with E-state index in [1.54, 1.807) is 12.1 Å². The molecule has 0 saturated carbocycles. The van der Waals surface area contributed by atoms with Crippen LogP contribution in [0.4, 0.5) is 16.2 Å². The highest BCUT2D eigenvalue weighted by atomic mass is 32.1. The van der Waals surface area contributed by atoms with E-state index in [1.807, 2.05) is 45.0 Å². The van der Waals surface area contributed by atoms with Crippen LogP contribution in [0.25, 0.3) is 10.1 Å². The van der Waals surface area contributed by atoms with Gasteiger partial charge in [-0.2, -0.15) is 0 Å². The lowest BCUT2D eigenvalue weighted by Gasteiger charge is -2.11. The Hall–Kier alpha value is -3.06. The van der Waals surface area contributed by atoms with E-state index in [1.165, 1.54) is 18.4 Å². The summed E-state index contributed by atoms with van der Waals surface area (Å²) in [4.78, 5) is 24.9. The maximum atomic E-state index is 12.4. The minimum atomic E-state index is -0.438. The van der Waals surface area contributed by atoms with Gasteiger partial charge in [-0.15, -0.1) is 11.3 Å². The molecule has 0 saturated heterocycles. The molecule has 28 heavy (non-hydrogen) atoms. The van der Waals surface area contributed by atoms with Crippen molar-refractivity contribution in [1.29, 1.82) is 0 Å². The summed E-state index contributed by atoms with van der Waals surface area (Å²) in [5.74, 6) is 0.0414. The first kappa shape index (κ1) is 19.7. The second-order valence-electron chi connectivity index (χ2n) is 6.29. The van der Waals surface area contributed by atoms with Crippen LogP contribution in [0, 0.1) is 13.8 Å². The number of benzene rings is 2. The zero-order chi connectivity index (χ0) is 20.3. The largest absolute Gasteiger partial charge is 0.491 e. The number of fused-ring (bicyclic) bond motifs is 1. The van der Waals surface area contributed by atoms with Gasteiger partial charge in [0.15, 0.2) is 10.6 Å². The van der Waals surface area contributed by atoms with Crippen molar-refractivity contribution in [2.24, 2.45) is 0 Å². The summed E-state index contributed by atoms with van der Waals surface area (Å²) < 4.78 is 11.4. The number of carbonyl (C=O) groups is 2. The van der Waals surface area contributed by atoms with E-state index < -0.39 is 5.97 Å². The first-order valence-corrected chi connectivity index (χ1v) is 9.67. The third-order valence-corrected chi connectivity index (χ3v) is 5.33. The number of urea groups is 1. The predicted octanol–water partition coefficient (Wildman–Crippen LogP) is 5.35. The molecule has 0 atom stereocenters. The molecule has 0 aliphatic rings. The zero-order valence-electron chi connectivity index (χ0n) is 16.2. The molecular weight excluding hydrogens is 376 g/mol. The lowest BCUT2D eigenvalue weighted by molar-refractivity contribution is 0.0602. The molecule has 2 amide bonds. The number of rotatable bonds is 5. The maximum absolute atomic E-state index is 12.4. The number of anilines is 2. The summed E-state index contributed by atoms with van der Waals surface area (Å²) in [6.45, 7) is 6.18. The van der Waals surface area contributed by atoms with Gasteiger partial charge in [-0.25, -0.2) is 9.59 Å². The molecule has 0 fully saturated rings. The SMILES string of the molecule is CCOc1c(C(=O)OC)sc2ccc(NC(=O)Nc3cc(C)ccc3C)cc12. The Bertz CT molecular complexity index is 1040. The molecule has 1 aromatic heterocycles. The topological polar surface area (TPSA) is 76.7 Å². The number of hydrogen-bond acceptors (Lipinski definition) is 5. The van der Waals surface area contributed by atoms with Gasteiger partial charge in [-0.05, 0) is 56.2 Å². The number of amides is 2. The van der Waals surface area contributed by atoms with Crippen LogP contribution in [0.2, 0.25) is 0 Å². The number of aryl methyl sites for hydroxylation is 2. The first-order valence-electron chi connectivity index (χ1n) is 8.85. The Balaban J connectivity index is 1.87. The molecule has 146 valence electrons. The van der Waals surface area contributed by atoms with Gasteiger partial charge in [0, 0.05) is 21.5 Å². The highest BCUT2D eigenvalue weighted by Crippen LogP contribution is 2.39. The smallest absolute Gasteiger partial charge is 0.351 e. The number of methoxy groups -OCH3 is 1. The van der Waals surface area contributed by atoms with Crippen LogP contribution in [0.1, 0.15) is 27.7 Å². The highest BCUT2D eigenvalue weighted by molar-refractivity contribution is 7.21. The summed E-state index contributed by atoms with van der Waals surface area (Å²) >= 11 is 1.30. The van der Waals surface area contributed by atoms with Crippen molar-refractivity contribution in [3.63, 3.8) is 0 Å². The monoisotopic (exact) mass is 398 g/mol. The first-order chi connectivity index (χ1) is 13.4. The van der Waals surface area contributed by atoms with E-state index >= 15 is 0 Å². The Morgan fingerprint density at radius 1 is 1.07 bits per heavy atom. The fourth-order valence-corrected chi connectivity index (χ4v) is 3.87. The van der Waals surface area contributed by atoms with Crippen LogP contribution >= 0.6 is 11.3 Å². The molecule has 7 heteroatoms. The number of hydrogen-bond donors (Lipinski definition) is 2. The van der Waals surface area contributed by atoms with Gasteiger partial charge in [0.1, 0.15) is 0 Å². The van der Waals surface area contributed by atoms with Crippen molar-refractivity contribution in [3.05, 3.63) is 52.4 Å². The van der Waals surface area contributed by atoms with Crippen molar-refractivity contribution in [3.8, 4) is 5.75 Å². The Labute approximate surface area is 167 Å². The highest BCUT2D eigenvalue weighted by Gasteiger charge is 2.21. The molecule has 0 aliphatic heterocycles. The second kappa shape index (κ2) is 8.31. The van der Waals surface area contributed by atoms with Gasteiger partial charge in [0.2, 0.25) is 0 Å². The number of carbonyl (C=O) groups excluding carboxylic acids is 2. The van der Waals surface area contributed by atoms with Crippen molar-refractivity contribution in [2.45, 2.75) is 20.8 Å². The van der Waals surface area contributed by atoms with Crippen LogP contribution in [0.3, 0.4) is 0 Å². The lowest BCUT2D eigenvalue weighted by atomic mass is 10.1. The molecule has 0 radical (unpaired) electrons. The normalized spacial score (nSPS) is 10.6. The van der Waals surface area contributed by atoms with E-state index in [2.05, 4.69) is 10.6 Å². The predicted molar refractivity (Wildman–Crippen MR) is 113 cm³/mol. The van der Waals surface area contributed by atoms with E-state index in [9.17, 15) is 9.59 Å². The van der Waals surface area contributed by atoms with Crippen LogP contribution in [-0.2, 0) is 4.74 Å². The van der Waals surface area contributed by atoms with Crippen molar-refractivity contribution >= 4 is 44.8 Å². The zero-order valence-corrected chi connectivity index (χ0v) is 17.0. The molecule has 2 N–H and O–H groups in total. The van der Waals surface area contributed by atoms with Gasteiger partial charge in [0.05, 0.1) is 13.7 Å². The van der Waals surface area contributed by atoms with E-state index in [0.29, 0.717) is 22.9 Å². The van der Waals surface area contributed by atoms with Crippen LogP contribution in [-0.4, -0.2) is 25.7 Å². The number of thiophene rings is 1. The van der Waals surface area contributed by atoms with Crippen molar-refractivity contribution in [2.75, 3.05) is 24.4 Å². The average molecular weight is 398 g/mol. The van der Waals surface area contributed by atoms with Crippen LogP contribution in [0.5, 0.6) is 5.75 Å².